The van der Waals surface area contributed by atoms with Gasteiger partial charge in [-0.05, 0) is 24.1 Å². The Bertz CT molecular complexity index is 809. The van der Waals surface area contributed by atoms with E-state index in [9.17, 15) is 14.7 Å². The van der Waals surface area contributed by atoms with Crippen LogP contribution in [0.5, 0.6) is 0 Å². The minimum absolute atomic E-state index is 0.0794. The number of rotatable bonds is 6. The molecule has 0 radical (unpaired) electrons. The SMILES string of the molecule is CC(C)C(C(=O)O)N1CCN(c2cccc3sc(CC(N)=O)cc23)CC1. The number of amides is 1. The number of nitrogens with zero attached hydrogens (tertiary/aromatic N) is 2. The van der Waals surface area contributed by atoms with Crippen LogP contribution in [-0.4, -0.2) is 54.1 Å². The van der Waals surface area contributed by atoms with E-state index >= 15 is 0 Å². The van der Waals surface area contributed by atoms with Crippen molar-refractivity contribution in [1.29, 1.82) is 0 Å². The fraction of sp³-hybridized carbons (Fsp3) is 0.474. The van der Waals surface area contributed by atoms with Crippen molar-refractivity contribution in [2.45, 2.75) is 26.3 Å². The number of carboxylic acids is 1. The molecule has 1 amide bonds. The van der Waals surface area contributed by atoms with Crippen LogP contribution >= 0.6 is 11.3 Å². The predicted octanol–water partition coefficient (Wildman–Crippen LogP) is 2.16. The number of fused-ring (bicyclic) bond motifs is 1. The minimum Gasteiger partial charge on any atom is -0.480 e. The van der Waals surface area contributed by atoms with Crippen LogP contribution in [0.25, 0.3) is 10.1 Å². The average Bonchev–Trinajstić information content (AvgIpc) is 2.96. The van der Waals surface area contributed by atoms with Crippen molar-refractivity contribution in [1.82, 2.24) is 4.90 Å². The lowest BCUT2D eigenvalue weighted by Gasteiger charge is -2.40. The fourth-order valence-corrected chi connectivity index (χ4v) is 4.83. The molecule has 1 saturated heterocycles. The summed E-state index contributed by atoms with van der Waals surface area (Å²) < 4.78 is 1.15. The number of nitrogens with two attached hydrogens (primary N) is 1. The van der Waals surface area contributed by atoms with Crippen LogP contribution in [0.15, 0.2) is 24.3 Å². The Labute approximate surface area is 157 Å². The Morgan fingerprint density at radius 1 is 1.23 bits per heavy atom. The van der Waals surface area contributed by atoms with Gasteiger partial charge in [0.25, 0.3) is 0 Å². The molecule has 140 valence electrons. The van der Waals surface area contributed by atoms with E-state index < -0.39 is 12.0 Å². The summed E-state index contributed by atoms with van der Waals surface area (Å²) in [5.41, 5.74) is 6.47. The fourth-order valence-electron chi connectivity index (χ4n) is 3.74. The summed E-state index contributed by atoms with van der Waals surface area (Å²) in [6, 6.07) is 7.80. The molecule has 26 heavy (non-hydrogen) atoms. The van der Waals surface area contributed by atoms with Crippen molar-refractivity contribution in [3.05, 3.63) is 29.1 Å². The Morgan fingerprint density at radius 3 is 2.50 bits per heavy atom. The number of carbonyl (C=O) groups excluding carboxylic acids is 1. The van der Waals surface area contributed by atoms with Crippen LogP contribution < -0.4 is 10.6 Å². The van der Waals surface area contributed by atoms with Gasteiger partial charge < -0.3 is 15.7 Å². The number of anilines is 1. The van der Waals surface area contributed by atoms with E-state index in [-0.39, 0.29) is 18.2 Å². The van der Waals surface area contributed by atoms with Gasteiger partial charge in [0, 0.05) is 46.8 Å². The van der Waals surface area contributed by atoms with Crippen LogP contribution in [0.4, 0.5) is 5.69 Å². The molecule has 6 nitrogen and oxygen atoms in total. The second-order valence-corrected chi connectivity index (χ2v) is 8.26. The van der Waals surface area contributed by atoms with Crippen LogP contribution in [0.1, 0.15) is 18.7 Å². The quantitative estimate of drug-likeness (QED) is 0.808. The van der Waals surface area contributed by atoms with Gasteiger partial charge >= 0.3 is 5.97 Å². The van der Waals surface area contributed by atoms with E-state index in [2.05, 4.69) is 28.0 Å². The lowest BCUT2D eigenvalue weighted by Crippen LogP contribution is -2.54. The summed E-state index contributed by atoms with van der Waals surface area (Å²) in [4.78, 5) is 28.1. The third-order valence-corrected chi connectivity index (χ3v) is 5.97. The Morgan fingerprint density at radius 2 is 1.92 bits per heavy atom. The molecule has 1 aromatic carbocycles. The number of hydrogen-bond acceptors (Lipinski definition) is 5. The first-order chi connectivity index (χ1) is 12.4. The Balaban J connectivity index is 1.78. The van der Waals surface area contributed by atoms with E-state index in [0.717, 1.165) is 46.8 Å². The molecule has 3 rings (SSSR count). The van der Waals surface area contributed by atoms with E-state index in [1.807, 2.05) is 19.9 Å². The maximum atomic E-state index is 11.6. The number of aliphatic carboxylic acids is 1. The van der Waals surface area contributed by atoms with Gasteiger partial charge in [0.15, 0.2) is 0 Å². The second kappa shape index (κ2) is 7.63. The number of carbonyl (C=O) groups is 2. The summed E-state index contributed by atoms with van der Waals surface area (Å²) in [5, 5.41) is 10.6. The number of piperazine rings is 1. The van der Waals surface area contributed by atoms with Gasteiger partial charge in [-0.25, -0.2) is 0 Å². The van der Waals surface area contributed by atoms with Gasteiger partial charge in [-0.3, -0.25) is 14.5 Å². The highest BCUT2D eigenvalue weighted by atomic mass is 32.1. The van der Waals surface area contributed by atoms with E-state index in [4.69, 9.17) is 5.73 Å². The number of thiophene rings is 1. The molecule has 1 aliphatic rings. The van der Waals surface area contributed by atoms with Gasteiger partial charge in [-0.2, -0.15) is 0 Å². The predicted molar refractivity (Wildman–Crippen MR) is 105 cm³/mol. The van der Waals surface area contributed by atoms with Crippen molar-refractivity contribution in [3.63, 3.8) is 0 Å². The molecule has 0 saturated carbocycles. The summed E-state index contributed by atoms with van der Waals surface area (Å²) in [6.07, 6.45) is 0.265. The third kappa shape index (κ3) is 3.83. The molecule has 1 aliphatic heterocycles. The molecule has 7 heteroatoms. The van der Waals surface area contributed by atoms with Crippen molar-refractivity contribution in [2.24, 2.45) is 11.7 Å². The van der Waals surface area contributed by atoms with Gasteiger partial charge in [0.1, 0.15) is 6.04 Å². The Kier molecular flexibility index (Phi) is 5.48. The van der Waals surface area contributed by atoms with E-state index in [0.29, 0.717) is 0 Å². The molecule has 2 aromatic rings. The normalized spacial score (nSPS) is 17.0. The molecule has 0 aliphatic carbocycles. The molecule has 3 N–H and O–H groups in total. The molecule has 0 bridgehead atoms. The number of benzene rings is 1. The summed E-state index contributed by atoms with van der Waals surface area (Å²) in [7, 11) is 0. The summed E-state index contributed by atoms with van der Waals surface area (Å²) >= 11 is 1.60. The monoisotopic (exact) mass is 375 g/mol. The van der Waals surface area contributed by atoms with Gasteiger partial charge in [-0.1, -0.05) is 19.9 Å². The van der Waals surface area contributed by atoms with Crippen LogP contribution in [-0.2, 0) is 16.0 Å². The van der Waals surface area contributed by atoms with Gasteiger partial charge in [0.05, 0.1) is 6.42 Å². The molecule has 1 unspecified atom stereocenters. The zero-order valence-electron chi connectivity index (χ0n) is 15.1. The largest absolute Gasteiger partial charge is 0.480 e. The van der Waals surface area contributed by atoms with Crippen LogP contribution in [0.2, 0.25) is 0 Å². The number of hydrogen-bond donors (Lipinski definition) is 2. The molecule has 1 fully saturated rings. The molecule has 2 heterocycles. The second-order valence-electron chi connectivity index (χ2n) is 7.09. The first kappa shape index (κ1) is 18.7. The van der Waals surface area contributed by atoms with Gasteiger partial charge in [-0.15, -0.1) is 11.3 Å². The zero-order valence-corrected chi connectivity index (χ0v) is 16.0. The zero-order chi connectivity index (χ0) is 18.8. The smallest absolute Gasteiger partial charge is 0.321 e. The first-order valence-electron chi connectivity index (χ1n) is 8.88. The molecular weight excluding hydrogens is 350 g/mol. The first-order valence-corrected chi connectivity index (χ1v) is 9.70. The minimum atomic E-state index is -0.746. The number of carboxylic acid groups (broad SMARTS) is 1. The maximum absolute atomic E-state index is 11.6. The lowest BCUT2D eigenvalue weighted by atomic mass is 10.0. The van der Waals surface area contributed by atoms with E-state index in [1.165, 1.54) is 0 Å². The summed E-state index contributed by atoms with van der Waals surface area (Å²) in [6.45, 7) is 6.94. The van der Waals surface area contributed by atoms with Crippen molar-refractivity contribution in [2.75, 3.05) is 31.1 Å². The van der Waals surface area contributed by atoms with Crippen LogP contribution in [0, 0.1) is 5.92 Å². The van der Waals surface area contributed by atoms with Crippen molar-refractivity contribution in [3.8, 4) is 0 Å². The third-order valence-electron chi connectivity index (χ3n) is 4.87. The van der Waals surface area contributed by atoms with Crippen LogP contribution in [0.3, 0.4) is 0 Å². The lowest BCUT2D eigenvalue weighted by molar-refractivity contribution is -0.145. The number of primary amides is 1. The molecule has 1 aromatic heterocycles. The standard InChI is InChI=1S/C19H25N3O3S/c1-12(2)18(19(24)25)22-8-6-21(7-9-22)15-4-3-5-16-14(15)10-13(26-16)11-17(20)23/h3-5,10,12,18H,6-9,11H2,1-2H3,(H2,20,23)(H,24,25). The maximum Gasteiger partial charge on any atom is 0.321 e. The van der Waals surface area contributed by atoms with Crippen molar-refractivity contribution < 1.29 is 14.7 Å². The van der Waals surface area contributed by atoms with E-state index in [1.54, 1.807) is 11.3 Å². The molecule has 0 spiro atoms. The summed E-state index contributed by atoms with van der Waals surface area (Å²) in [5.74, 6) is -0.986. The van der Waals surface area contributed by atoms with Crippen molar-refractivity contribution >= 4 is 39.0 Å². The topological polar surface area (TPSA) is 86.9 Å². The highest BCUT2D eigenvalue weighted by Crippen LogP contribution is 2.34. The van der Waals surface area contributed by atoms with Gasteiger partial charge in [0.2, 0.25) is 5.91 Å². The molecule has 1 atom stereocenters. The Hall–Kier alpha value is -2.12. The highest BCUT2D eigenvalue weighted by molar-refractivity contribution is 7.19. The average molecular weight is 375 g/mol. The molecular formula is C19H25N3O3S. The highest BCUT2D eigenvalue weighted by Gasteiger charge is 2.31.